The van der Waals surface area contributed by atoms with E-state index in [1.807, 2.05) is 13.8 Å². The molecule has 1 aromatic heterocycles. The van der Waals surface area contributed by atoms with Crippen LogP contribution in [0.1, 0.15) is 25.0 Å². The maximum absolute atomic E-state index is 5.91. The van der Waals surface area contributed by atoms with Crippen LogP contribution in [-0.2, 0) is 13.1 Å². The van der Waals surface area contributed by atoms with E-state index in [4.69, 9.17) is 10.5 Å². The van der Waals surface area contributed by atoms with Crippen LogP contribution >= 0.6 is 11.5 Å². The molecule has 0 radical (unpaired) electrons. The molecule has 0 unspecified atom stereocenters. The number of aromatic nitrogens is 1. The molecule has 2 aromatic rings. The molecular weight excluding hydrogens is 258 g/mol. The van der Waals surface area contributed by atoms with Crippen molar-refractivity contribution in [1.29, 1.82) is 0 Å². The Kier molecular flexibility index (Phi) is 3.06. The number of benzene rings is 1. The molecule has 0 atom stereocenters. The fourth-order valence-electron chi connectivity index (χ4n) is 2.31. The summed E-state index contributed by atoms with van der Waals surface area (Å²) < 4.78 is 10.0. The normalized spacial score (nSPS) is 13.9. The number of hydrogen-bond donors (Lipinski definition) is 1. The largest absolute Gasteiger partial charge is 0.484 e. The van der Waals surface area contributed by atoms with Crippen molar-refractivity contribution in [3.63, 3.8) is 0 Å². The van der Waals surface area contributed by atoms with Crippen LogP contribution in [0.3, 0.4) is 0 Å². The van der Waals surface area contributed by atoms with E-state index in [2.05, 4.69) is 33.5 Å². The van der Waals surface area contributed by atoms with E-state index in [0.29, 0.717) is 5.82 Å². The van der Waals surface area contributed by atoms with Gasteiger partial charge in [-0.25, -0.2) is 0 Å². The van der Waals surface area contributed by atoms with Gasteiger partial charge in [0.1, 0.15) is 0 Å². The van der Waals surface area contributed by atoms with Gasteiger partial charge < -0.3 is 15.4 Å². The van der Waals surface area contributed by atoms with Crippen molar-refractivity contribution < 1.29 is 4.74 Å². The summed E-state index contributed by atoms with van der Waals surface area (Å²) in [5.74, 6) is 1.22. The summed E-state index contributed by atoms with van der Waals surface area (Å²) in [5, 5.41) is 1.03. The number of nitrogen functional groups attached to an aromatic ring is 1. The highest BCUT2D eigenvalue weighted by molar-refractivity contribution is 7.11. The fourth-order valence-corrected chi connectivity index (χ4v) is 3.06. The third-order valence-electron chi connectivity index (χ3n) is 3.14. The van der Waals surface area contributed by atoms with Crippen molar-refractivity contribution >= 4 is 22.4 Å². The average molecular weight is 275 g/mol. The summed E-state index contributed by atoms with van der Waals surface area (Å²) in [5.41, 5.74) is 8.64. The zero-order valence-corrected chi connectivity index (χ0v) is 11.9. The van der Waals surface area contributed by atoms with Gasteiger partial charge in [0.2, 0.25) is 0 Å². The SMILES string of the molecule is CC(C)Oc1c(N)nsc1N1Cc2ccccc2C1. The Morgan fingerprint density at radius 2 is 1.89 bits per heavy atom. The lowest BCUT2D eigenvalue weighted by Gasteiger charge is -2.18. The number of nitrogens with two attached hydrogens (primary N) is 1. The average Bonchev–Trinajstić information content (AvgIpc) is 2.93. The van der Waals surface area contributed by atoms with Crippen LogP contribution in [0.25, 0.3) is 0 Å². The molecule has 4 nitrogen and oxygen atoms in total. The standard InChI is InChI=1S/C14H17N3OS/c1-9(2)18-12-13(15)16-19-14(12)17-7-10-5-3-4-6-11(10)8-17/h3-6,9H,7-8H2,1-2H3,(H2,15,16). The van der Waals surface area contributed by atoms with Crippen LogP contribution in [0.5, 0.6) is 5.75 Å². The van der Waals surface area contributed by atoms with E-state index in [9.17, 15) is 0 Å². The van der Waals surface area contributed by atoms with Gasteiger partial charge in [-0.2, -0.15) is 4.37 Å². The second-order valence-corrected chi connectivity index (χ2v) is 5.75. The molecule has 2 heterocycles. The first kappa shape index (κ1) is 12.3. The minimum Gasteiger partial charge on any atom is -0.484 e. The van der Waals surface area contributed by atoms with Crippen LogP contribution in [0.15, 0.2) is 24.3 Å². The molecule has 1 aliphatic rings. The first-order chi connectivity index (χ1) is 9.15. The van der Waals surface area contributed by atoms with Crippen LogP contribution in [-0.4, -0.2) is 10.5 Å². The highest BCUT2D eigenvalue weighted by atomic mass is 32.1. The van der Waals surface area contributed by atoms with Gasteiger partial charge in [0.25, 0.3) is 0 Å². The lowest BCUT2D eigenvalue weighted by Crippen LogP contribution is -2.16. The number of hydrogen-bond acceptors (Lipinski definition) is 5. The third-order valence-corrected chi connectivity index (χ3v) is 4.04. The minimum absolute atomic E-state index is 0.0995. The minimum atomic E-state index is 0.0995. The summed E-state index contributed by atoms with van der Waals surface area (Å²) in [6.07, 6.45) is 0.0995. The van der Waals surface area contributed by atoms with Gasteiger partial charge >= 0.3 is 0 Å². The monoisotopic (exact) mass is 275 g/mol. The Morgan fingerprint density at radius 3 is 2.47 bits per heavy atom. The quantitative estimate of drug-likeness (QED) is 0.935. The summed E-state index contributed by atoms with van der Waals surface area (Å²) in [7, 11) is 0. The van der Waals surface area contributed by atoms with Crippen molar-refractivity contribution in [3.8, 4) is 5.75 Å². The van der Waals surface area contributed by atoms with Gasteiger partial charge in [-0.1, -0.05) is 24.3 Å². The second-order valence-electron chi connectivity index (χ2n) is 4.99. The van der Waals surface area contributed by atoms with Crippen molar-refractivity contribution in [2.75, 3.05) is 10.6 Å². The van der Waals surface area contributed by atoms with Crippen LogP contribution in [0, 0.1) is 0 Å². The maximum Gasteiger partial charge on any atom is 0.198 e. The summed E-state index contributed by atoms with van der Waals surface area (Å²) in [6, 6.07) is 8.50. The van der Waals surface area contributed by atoms with E-state index in [1.165, 1.54) is 22.7 Å². The lowest BCUT2D eigenvalue weighted by molar-refractivity contribution is 0.245. The molecule has 0 bridgehead atoms. The van der Waals surface area contributed by atoms with E-state index in [-0.39, 0.29) is 6.10 Å². The van der Waals surface area contributed by atoms with Crippen molar-refractivity contribution in [2.24, 2.45) is 0 Å². The molecule has 0 fully saturated rings. The molecule has 3 rings (SSSR count). The smallest absolute Gasteiger partial charge is 0.198 e. The van der Waals surface area contributed by atoms with Crippen molar-refractivity contribution in [2.45, 2.75) is 33.0 Å². The highest BCUT2D eigenvalue weighted by Gasteiger charge is 2.25. The molecule has 0 amide bonds. The Hall–Kier alpha value is -1.75. The molecule has 0 saturated carbocycles. The Bertz CT molecular complexity index is 569. The molecule has 1 aliphatic heterocycles. The molecule has 2 N–H and O–H groups in total. The molecule has 1 aromatic carbocycles. The topological polar surface area (TPSA) is 51.4 Å². The fraction of sp³-hybridized carbons (Fsp3) is 0.357. The number of ether oxygens (including phenoxy) is 1. The zero-order valence-electron chi connectivity index (χ0n) is 11.1. The molecule has 5 heteroatoms. The molecular formula is C14H17N3OS. The van der Waals surface area contributed by atoms with Crippen LogP contribution < -0.4 is 15.4 Å². The van der Waals surface area contributed by atoms with Crippen molar-refractivity contribution in [1.82, 2.24) is 4.37 Å². The Balaban J connectivity index is 1.89. The summed E-state index contributed by atoms with van der Waals surface area (Å²) >= 11 is 1.41. The van der Waals surface area contributed by atoms with Gasteiger partial charge in [0.05, 0.1) is 6.10 Å². The van der Waals surface area contributed by atoms with Gasteiger partial charge in [-0.3, -0.25) is 0 Å². The van der Waals surface area contributed by atoms with Gasteiger partial charge in [-0.15, -0.1) is 0 Å². The predicted octanol–water partition coefficient (Wildman–Crippen LogP) is 3.03. The van der Waals surface area contributed by atoms with E-state index in [0.717, 1.165) is 23.8 Å². The first-order valence-corrected chi connectivity index (χ1v) is 7.16. The van der Waals surface area contributed by atoms with E-state index >= 15 is 0 Å². The Labute approximate surface area is 117 Å². The molecule has 19 heavy (non-hydrogen) atoms. The van der Waals surface area contributed by atoms with Gasteiger partial charge in [0.15, 0.2) is 16.6 Å². The van der Waals surface area contributed by atoms with Crippen molar-refractivity contribution in [3.05, 3.63) is 35.4 Å². The molecule has 0 aliphatic carbocycles. The Morgan fingerprint density at radius 1 is 1.26 bits per heavy atom. The molecule has 0 saturated heterocycles. The van der Waals surface area contributed by atoms with Gasteiger partial charge in [0, 0.05) is 13.1 Å². The highest BCUT2D eigenvalue weighted by Crippen LogP contribution is 2.42. The van der Waals surface area contributed by atoms with Gasteiger partial charge in [-0.05, 0) is 36.5 Å². The zero-order chi connectivity index (χ0) is 13.4. The second kappa shape index (κ2) is 4.74. The predicted molar refractivity (Wildman–Crippen MR) is 78.6 cm³/mol. The number of rotatable bonds is 3. The number of anilines is 2. The lowest BCUT2D eigenvalue weighted by atomic mass is 10.1. The maximum atomic E-state index is 5.91. The third kappa shape index (κ3) is 2.26. The molecule has 0 spiro atoms. The number of nitrogens with zero attached hydrogens (tertiary/aromatic N) is 2. The van der Waals surface area contributed by atoms with E-state index < -0.39 is 0 Å². The summed E-state index contributed by atoms with van der Waals surface area (Å²) in [6.45, 7) is 5.79. The van der Waals surface area contributed by atoms with Crippen LogP contribution in [0.4, 0.5) is 10.8 Å². The first-order valence-electron chi connectivity index (χ1n) is 6.38. The number of fused-ring (bicyclic) bond motifs is 1. The van der Waals surface area contributed by atoms with Crippen LogP contribution in [0.2, 0.25) is 0 Å². The summed E-state index contributed by atoms with van der Waals surface area (Å²) in [4.78, 5) is 2.27. The molecule has 100 valence electrons. The van der Waals surface area contributed by atoms with E-state index in [1.54, 1.807) is 0 Å².